The number of aryl methyl sites for hydroxylation is 1. The molecule has 2 aliphatic rings. The summed E-state index contributed by atoms with van der Waals surface area (Å²) in [4.78, 5) is 52.2. The molecule has 1 saturated carbocycles. The summed E-state index contributed by atoms with van der Waals surface area (Å²) in [5, 5.41) is 2.67. The molecule has 0 aromatic heterocycles. The van der Waals surface area contributed by atoms with E-state index in [0.29, 0.717) is 24.2 Å². The molecule has 0 radical (unpaired) electrons. The Morgan fingerprint density at radius 2 is 1.54 bits per heavy atom. The van der Waals surface area contributed by atoms with Crippen molar-refractivity contribution in [2.24, 2.45) is 11.8 Å². The number of hydrogen-bond acceptors (Lipinski definition) is 5. The second-order valence-corrected chi connectivity index (χ2v) is 9.68. The summed E-state index contributed by atoms with van der Waals surface area (Å²) in [6.07, 6.45) is 2.21. The number of benzene rings is 3. The van der Waals surface area contributed by atoms with Crippen LogP contribution < -0.4 is 10.2 Å². The van der Waals surface area contributed by atoms with E-state index < -0.39 is 18.5 Å². The average Bonchev–Trinajstić information content (AvgIpc) is 3.18. The molecule has 1 heterocycles. The van der Waals surface area contributed by atoms with Crippen molar-refractivity contribution in [3.63, 3.8) is 0 Å². The van der Waals surface area contributed by atoms with Gasteiger partial charge in [-0.1, -0.05) is 48.0 Å². The number of fused-ring (bicyclic) bond motifs is 1. The third-order valence-electron chi connectivity index (χ3n) is 7.23. The Kier molecular flexibility index (Phi) is 6.86. The molecule has 1 aliphatic carbocycles. The number of nitrogens with one attached hydrogen (secondary N) is 1. The molecular weight excluding hydrogens is 468 g/mol. The predicted molar refractivity (Wildman–Crippen MR) is 139 cm³/mol. The highest BCUT2D eigenvalue weighted by Gasteiger charge is 2.50. The molecule has 3 aromatic rings. The highest BCUT2D eigenvalue weighted by molar-refractivity contribution is 6.22. The average molecular weight is 497 g/mol. The zero-order valence-corrected chi connectivity index (χ0v) is 20.6. The number of carbonyl (C=O) groups excluding carboxylic acids is 4. The summed E-state index contributed by atoms with van der Waals surface area (Å²) in [6.45, 7) is 1.52. The van der Waals surface area contributed by atoms with Crippen LogP contribution in [0, 0.1) is 18.8 Å². The Morgan fingerprint density at radius 1 is 0.865 bits per heavy atom. The molecule has 37 heavy (non-hydrogen) atoms. The minimum atomic E-state index is -0.663. The van der Waals surface area contributed by atoms with Crippen molar-refractivity contribution in [1.82, 2.24) is 0 Å². The van der Waals surface area contributed by atoms with Crippen LogP contribution in [-0.4, -0.2) is 30.3 Å². The number of esters is 1. The molecule has 3 aromatic carbocycles. The van der Waals surface area contributed by atoms with Gasteiger partial charge in [0.25, 0.3) is 5.91 Å². The molecule has 188 valence electrons. The van der Waals surface area contributed by atoms with E-state index in [9.17, 15) is 19.2 Å². The van der Waals surface area contributed by atoms with E-state index in [1.807, 2.05) is 37.3 Å². The minimum absolute atomic E-state index is 0.176. The first-order valence-electron chi connectivity index (χ1n) is 12.5. The van der Waals surface area contributed by atoms with Crippen LogP contribution in [0.2, 0.25) is 0 Å². The van der Waals surface area contributed by atoms with E-state index in [4.69, 9.17) is 4.74 Å². The summed E-state index contributed by atoms with van der Waals surface area (Å²) in [5.41, 5.74) is 3.56. The Bertz CT molecular complexity index is 1320. The fraction of sp³-hybridized carbons (Fsp3) is 0.267. The number of hydrogen-bond donors (Lipinski definition) is 1. The normalized spacial score (nSPS) is 20.9. The van der Waals surface area contributed by atoms with Gasteiger partial charge in [0.1, 0.15) is 0 Å². The Hall–Kier alpha value is -4.26. The van der Waals surface area contributed by atoms with Crippen LogP contribution in [0.25, 0.3) is 0 Å². The number of anilines is 2. The number of ether oxygens (including phenoxy) is 1. The SMILES string of the molecule is Cc1ccc(NC(=O)COC(=O)c2ccc(N3C(=O)[C@@H]4CC[C@@H](c5ccccc5)C[C@H]4C3=O)cc2)cc1. The maximum atomic E-state index is 13.3. The van der Waals surface area contributed by atoms with Crippen molar-refractivity contribution in [3.05, 3.63) is 95.6 Å². The van der Waals surface area contributed by atoms with E-state index in [2.05, 4.69) is 17.4 Å². The largest absolute Gasteiger partial charge is 0.452 e. The number of nitrogens with zero attached hydrogens (tertiary/aromatic N) is 1. The molecule has 0 bridgehead atoms. The zero-order valence-electron chi connectivity index (χ0n) is 20.6. The van der Waals surface area contributed by atoms with Gasteiger partial charge in [-0.15, -0.1) is 0 Å². The van der Waals surface area contributed by atoms with Gasteiger partial charge in [0.2, 0.25) is 11.8 Å². The molecule has 1 N–H and O–H groups in total. The molecule has 1 aliphatic heterocycles. The second-order valence-electron chi connectivity index (χ2n) is 9.68. The third kappa shape index (κ3) is 5.16. The summed E-state index contributed by atoms with van der Waals surface area (Å²) in [6, 6.07) is 23.6. The maximum Gasteiger partial charge on any atom is 0.338 e. The van der Waals surface area contributed by atoms with Crippen LogP contribution in [0.15, 0.2) is 78.9 Å². The molecule has 0 unspecified atom stereocenters. The molecular formula is C30H28N2O5. The lowest BCUT2D eigenvalue weighted by Crippen LogP contribution is -2.30. The van der Waals surface area contributed by atoms with E-state index in [1.54, 1.807) is 24.3 Å². The van der Waals surface area contributed by atoms with E-state index in [-0.39, 0.29) is 35.1 Å². The minimum Gasteiger partial charge on any atom is -0.452 e. The predicted octanol–water partition coefficient (Wildman–Crippen LogP) is 4.86. The Morgan fingerprint density at radius 3 is 2.24 bits per heavy atom. The molecule has 0 spiro atoms. The van der Waals surface area contributed by atoms with Crippen molar-refractivity contribution in [1.29, 1.82) is 0 Å². The van der Waals surface area contributed by atoms with E-state index in [0.717, 1.165) is 12.0 Å². The van der Waals surface area contributed by atoms with Gasteiger partial charge in [-0.05, 0) is 74.1 Å². The summed E-state index contributed by atoms with van der Waals surface area (Å²) >= 11 is 0. The summed E-state index contributed by atoms with van der Waals surface area (Å²) in [5.74, 6) is -1.84. The van der Waals surface area contributed by atoms with Gasteiger partial charge in [0.05, 0.1) is 23.1 Å². The van der Waals surface area contributed by atoms with Gasteiger partial charge in [-0.3, -0.25) is 19.3 Å². The Balaban J connectivity index is 1.20. The maximum absolute atomic E-state index is 13.3. The van der Waals surface area contributed by atoms with Gasteiger partial charge in [0.15, 0.2) is 6.61 Å². The van der Waals surface area contributed by atoms with Gasteiger partial charge >= 0.3 is 5.97 Å². The monoisotopic (exact) mass is 496 g/mol. The zero-order chi connectivity index (χ0) is 25.9. The van der Waals surface area contributed by atoms with Crippen LogP contribution in [0.4, 0.5) is 11.4 Å². The van der Waals surface area contributed by atoms with Crippen LogP contribution in [0.5, 0.6) is 0 Å². The molecule has 7 heteroatoms. The smallest absolute Gasteiger partial charge is 0.338 e. The molecule has 2 fully saturated rings. The fourth-order valence-corrected chi connectivity index (χ4v) is 5.26. The van der Waals surface area contributed by atoms with Crippen molar-refractivity contribution >= 4 is 35.1 Å². The quantitative estimate of drug-likeness (QED) is 0.389. The lowest BCUT2D eigenvalue weighted by molar-refractivity contribution is -0.122. The van der Waals surface area contributed by atoms with Crippen molar-refractivity contribution in [2.75, 3.05) is 16.8 Å². The Labute approximate surface area is 215 Å². The topological polar surface area (TPSA) is 92.8 Å². The first-order chi connectivity index (χ1) is 17.9. The van der Waals surface area contributed by atoms with Gasteiger partial charge in [-0.25, -0.2) is 4.79 Å². The molecule has 5 rings (SSSR count). The number of carbonyl (C=O) groups is 4. The molecule has 3 atom stereocenters. The number of rotatable bonds is 6. The van der Waals surface area contributed by atoms with Crippen molar-refractivity contribution in [2.45, 2.75) is 32.1 Å². The molecule has 1 saturated heterocycles. The fourth-order valence-electron chi connectivity index (χ4n) is 5.26. The lowest BCUT2D eigenvalue weighted by Gasteiger charge is -2.28. The van der Waals surface area contributed by atoms with E-state index >= 15 is 0 Å². The van der Waals surface area contributed by atoms with Gasteiger partial charge < -0.3 is 10.1 Å². The van der Waals surface area contributed by atoms with Crippen molar-refractivity contribution < 1.29 is 23.9 Å². The lowest BCUT2D eigenvalue weighted by atomic mass is 9.73. The van der Waals surface area contributed by atoms with Crippen molar-refractivity contribution in [3.8, 4) is 0 Å². The third-order valence-corrected chi connectivity index (χ3v) is 7.23. The van der Waals surface area contributed by atoms with Gasteiger partial charge in [-0.2, -0.15) is 0 Å². The van der Waals surface area contributed by atoms with Crippen LogP contribution in [0.3, 0.4) is 0 Å². The van der Waals surface area contributed by atoms with Crippen LogP contribution in [0.1, 0.15) is 46.7 Å². The first-order valence-corrected chi connectivity index (χ1v) is 12.5. The van der Waals surface area contributed by atoms with Crippen LogP contribution >= 0.6 is 0 Å². The number of imide groups is 1. The number of amides is 3. The van der Waals surface area contributed by atoms with Gasteiger partial charge in [0, 0.05) is 5.69 Å². The second kappa shape index (κ2) is 10.4. The molecule has 3 amide bonds. The summed E-state index contributed by atoms with van der Waals surface area (Å²) < 4.78 is 5.13. The standard InChI is InChI=1S/C30H28N2O5/c1-19-7-12-23(13-8-19)31-27(33)18-37-30(36)21-9-14-24(15-10-21)32-28(34)25-16-11-22(17-26(25)29(32)35)20-5-3-2-4-6-20/h2-10,12-15,22,25-26H,11,16-18H2,1H3,(H,31,33)/t22-,25-,26-/m1/s1. The highest BCUT2D eigenvalue weighted by Crippen LogP contribution is 2.45. The highest BCUT2D eigenvalue weighted by atomic mass is 16.5. The van der Waals surface area contributed by atoms with E-state index in [1.165, 1.54) is 22.6 Å². The first kappa shape index (κ1) is 24.4. The molecule has 7 nitrogen and oxygen atoms in total. The van der Waals surface area contributed by atoms with Crippen LogP contribution in [-0.2, 0) is 19.1 Å². The summed E-state index contributed by atoms with van der Waals surface area (Å²) in [7, 11) is 0.